The second-order valence-electron chi connectivity index (χ2n) is 6.18. The maximum atomic E-state index is 12.7. The third-order valence-corrected chi connectivity index (χ3v) is 4.50. The first-order valence-corrected chi connectivity index (χ1v) is 9.37. The van der Waals surface area contributed by atoms with E-state index < -0.39 is 0 Å². The summed E-state index contributed by atoms with van der Waals surface area (Å²) in [5.74, 6) is -0.587. The van der Waals surface area contributed by atoms with E-state index in [-0.39, 0.29) is 18.4 Å². The Morgan fingerprint density at radius 2 is 1.75 bits per heavy atom. The molecule has 0 unspecified atom stereocenters. The van der Waals surface area contributed by atoms with Crippen LogP contribution in [-0.4, -0.2) is 34.7 Å². The Kier molecular flexibility index (Phi) is 6.45. The fourth-order valence-corrected chi connectivity index (χ4v) is 2.99. The van der Waals surface area contributed by atoms with Crippen LogP contribution in [0.4, 0.5) is 0 Å². The van der Waals surface area contributed by atoms with Gasteiger partial charge >= 0.3 is 0 Å². The quantitative estimate of drug-likeness (QED) is 0.644. The number of halogens is 1. The van der Waals surface area contributed by atoms with Crippen LogP contribution < -0.4 is 10.6 Å². The number of likely N-dealkylation sites (N-methyl/N-ethyl adjacent to an activating group) is 1. The van der Waals surface area contributed by atoms with Gasteiger partial charge in [0.25, 0.3) is 5.91 Å². The molecule has 7 heteroatoms. The number of carbonyl (C=O) groups excluding carboxylic acids is 2. The van der Waals surface area contributed by atoms with Crippen LogP contribution in [0.25, 0.3) is 11.3 Å². The first-order chi connectivity index (χ1) is 13.6. The normalized spacial score (nSPS) is 10.5. The number of benzene rings is 2. The highest BCUT2D eigenvalue weighted by atomic mass is 35.5. The molecule has 6 nitrogen and oxygen atoms in total. The van der Waals surface area contributed by atoms with Crippen LogP contribution >= 0.6 is 11.6 Å². The van der Waals surface area contributed by atoms with Crippen LogP contribution in [-0.2, 0) is 11.3 Å². The molecule has 1 aromatic heterocycles. The lowest BCUT2D eigenvalue weighted by molar-refractivity contribution is -0.120. The highest BCUT2D eigenvalue weighted by molar-refractivity contribution is 6.31. The molecular formula is C21H21ClN4O2. The van der Waals surface area contributed by atoms with Crippen molar-refractivity contribution in [1.82, 2.24) is 20.4 Å². The van der Waals surface area contributed by atoms with Gasteiger partial charge in [-0.15, -0.1) is 0 Å². The van der Waals surface area contributed by atoms with Gasteiger partial charge in [0.2, 0.25) is 5.91 Å². The predicted octanol–water partition coefficient (Wildman–Crippen LogP) is 3.12. The van der Waals surface area contributed by atoms with Gasteiger partial charge in [-0.3, -0.25) is 14.3 Å². The van der Waals surface area contributed by atoms with Gasteiger partial charge in [0, 0.05) is 23.3 Å². The summed E-state index contributed by atoms with van der Waals surface area (Å²) >= 11 is 6.25. The van der Waals surface area contributed by atoms with Crippen LogP contribution in [0.15, 0.2) is 60.8 Å². The molecule has 0 bridgehead atoms. The van der Waals surface area contributed by atoms with E-state index in [1.54, 1.807) is 10.9 Å². The Labute approximate surface area is 168 Å². The highest BCUT2D eigenvalue weighted by Crippen LogP contribution is 2.23. The zero-order chi connectivity index (χ0) is 19.9. The van der Waals surface area contributed by atoms with E-state index >= 15 is 0 Å². The summed E-state index contributed by atoms with van der Waals surface area (Å²) in [7, 11) is 0. The number of nitrogens with one attached hydrogen (secondary N) is 2. The maximum absolute atomic E-state index is 12.7. The summed E-state index contributed by atoms with van der Waals surface area (Å²) in [5.41, 5.74) is 2.69. The fraction of sp³-hybridized carbons (Fsp3) is 0.190. The number of carbonyl (C=O) groups is 2. The topological polar surface area (TPSA) is 76.0 Å². The Bertz CT molecular complexity index is 970. The van der Waals surface area contributed by atoms with Gasteiger partial charge in [0.05, 0.1) is 18.7 Å². The Hall–Kier alpha value is -3.12. The molecule has 1 heterocycles. The minimum absolute atomic E-state index is 0.0867. The summed E-state index contributed by atoms with van der Waals surface area (Å²) in [4.78, 5) is 24.4. The molecule has 0 saturated heterocycles. The number of rotatable bonds is 7. The van der Waals surface area contributed by atoms with Gasteiger partial charge in [0.15, 0.2) is 0 Å². The standard InChI is InChI=1S/C21H21ClN4O2/c1-2-23-19(27)12-24-21(28)17-14-26(13-16-10-6-7-11-18(16)22)25-20(17)15-8-4-3-5-9-15/h3-11,14H,2,12-13H2,1H3,(H,23,27)(H,24,28). The Morgan fingerprint density at radius 1 is 1.04 bits per heavy atom. The third kappa shape index (κ3) is 4.78. The van der Waals surface area contributed by atoms with E-state index in [2.05, 4.69) is 15.7 Å². The molecule has 0 saturated carbocycles. The SMILES string of the molecule is CCNC(=O)CNC(=O)c1cn(Cc2ccccc2Cl)nc1-c1ccccc1. The number of hydrogen-bond acceptors (Lipinski definition) is 3. The second kappa shape index (κ2) is 9.19. The van der Waals surface area contributed by atoms with Crippen molar-refractivity contribution in [2.45, 2.75) is 13.5 Å². The predicted molar refractivity (Wildman–Crippen MR) is 109 cm³/mol. The lowest BCUT2D eigenvalue weighted by atomic mass is 10.1. The van der Waals surface area contributed by atoms with E-state index in [4.69, 9.17) is 11.6 Å². The lowest BCUT2D eigenvalue weighted by Crippen LogP contribution is -2.36. The molecule has 0 aliphatic carbocycles. The van der Waals surface area contributed by atoms with E-state index in [9.17, 15) is 9.59 Å². The largest absolute Gasteiger partial charge is 0.355 e. The van der Waals surface area contributed by atoms with E-state index in [0.29, 0.717) is 29.4 Å². The summed E-state index contributed by atoms with van der Waals surface area (Å²) in [6.45, 7) is 2.69. The molecule has 3 rings (SSSR count). The molecule has 0 aliphatic heterocycles. The van der Waals surface area contributed by atoms with Gasteiger partial charge in [0.1, 0.15) is 5.69 Å². The van der Waals surface area contributed by atoms with Gasteiger partial charge in [-0.05, 0) is 18.6 Å². The maximum Gasteiger partial charge on any atom is 0.255 e. The van der Waals surface area contributed by atoms with Crippen molar-refractivity contribution in [3.05, 3.63) is 76.9 Å². The molecule has 2 amide bonds. The third-order valence-electron chi connectivity index (χ3n) is 4.13. The van der Waals surface area contributed by atoms with Crippen LogP contribution in [0, 0.1) is 0 Å². The Morgan fingerprint density at radius 3 is 2.46 bits per heavy atom. The van der Waals surface area contributed by atoms with Crippen LogP contribution in [0.5, 0.6) is 0 Å². The highest BCUT2D eigenvalue weighted by Gasteiger charge is 2.19. The molecule has 144 valence electrons. The molecule has 0 spiro atoms. The van der Waals surface area contributed by atoms with Gasteiger partial charge in [-0.1, -0.05) is 60.1 Å². The van der Waals surface area contributed by atoms with Gasteiger partial charge in [-0.25, -0.2) is 0 Å². The van der Waals surface area contributed by atoms with Crippen LogP contribution in [0.2, 0.25) is 5.02 Å². The van der Waals surface area contributed by atoms with Crippen LogP contribution in [0.3, 0.4) is 0 Å². The van der Waals surface area contributed by atoms with E-state index in [1.165, 1.54) is 0 Å². The van der Waals surface area contributed by atoms with Gasteiger partial charge in [-0.2, -0.15) is 5.10 Å². The number of nitrogens with zero attached hydrogens (tertiary/aromatic N) is 2. The molecule has 28 heavy (non-hydrogen) atoms. The summed E-state index contributed by atoms with van der Waals surface area (Å²) in [5, 5.41) is 10.5. The molecule has 0 atom stereocenters. The van der Waals surface area contributed by atoms with Crippen molar-refractivity contribution in [3.63, 3.8) is 0 Å². The first-order valence-electron chi connectivity index (χ1n) is 8.99. The summed E-state index contributed by atoms with van der Waals surface area (Å²) < 4.78 is 1.69. The number of aromatic nitrogens is 2. The lowest BCUT2D eigenvalue weighted by Gasteiger charge is -2.05. The average molecular weight is 397 g/mol. The molecule has 0 fully saturated rings. The number of hydrogen-bond donors (Lipinski definition) is 2. The average Bonchev–Trinajstić information content (AvgIpc) is 3.13. The molecule has 0 radical (unpaired) electrons. The van der Waals surface area contributed by atoms with Crippen molar-refractivity contribution in [2.24, 2.45) is 0 Å². The first kappa shape index (κ1) is 19.6. The molecule has 2 N–H and O–H groups in total. The zero-order valence-electron chi connectivity index (χ0n) is 15.5. The molecular weight excluding hydrogens is 376 g/mol. The van der Waals surface area contributed by atoms with Crippen molar-refractivity contribution in [1.29, 1.82) is 0 Å². The molecule has 3 aromatic rings. The monoisotopic (exact) mass is 396 g/mol. The summed E-state index contributed by atoms with van der Waals surface area (Å²) in [6, 6.07) is 17.0. The second-order valence-corrected chi connectivity index (χ2v) is 6.59. The van der Waals surface area contributed by atoms with Gasteiger partial charge < -0.3 is 10.6 Å². The van der Waals surface area contributed by atoms with E-state index in [1.807, 2.05) is 61.5 Å². The minimum Gasteiger partial charge on any atom is -0.355 e. The smallest absolute Gasteiger partial charge is 0.255 e. The van der Waals surface area contributed by atoms with Crippen molar-refractivity contribution < 1.29 is 9.59 Å². The Balaban J connectivity index is 1.89. The molecule has 2 aromatic carbocycles. The fourth-order valence-electron chi connectivity index (χ4n) is 2.79. The zero-order valence-corrected chi connectivity index (χ0v) is 16.2. The summed E-state index contributed by atoms with van der Waals surface area (Å²) in [6.07, 6.45) is 1.68. The molecule has 0 aliphatic rings. The van der Waals surface area contributed by atoms with Crippen molar-refractivity contribution >= 4 is 23.4 Å². The van der Waals surface area contributed by atoms with Crippen molar-refractivity contribution in [2.75, 3.05) is 13.1 Å². The minimum atomic E-state index is -0.351. The van der Waals surface area contributed by atoms with Crippen LogP contribution in [0.1, 0.15) is 22.8 Å². The van der Waals surface area contributed by atoms with Crippen molar-refractivity contribution in [3.8, 4) is 11.3 Å². The van der Waals surface area contributed by atoms with E-state index in [0.717, 1.165) is 11.1 Å². The number of amides is 2.